The summed E-state index contributed by atoms with van der Waals surface area (Å²) in [6, 6.07) is 1.24. The fraction of sp³-hybridized carbons (Fsp3) is 0.545. The van der Waals surface area contributed by atoms with Crippen LogP contribution in [0.2, 0.25) is 0 Å². The molecule has 1 heterocycles. The third kappa shape index (κ3) is 3.26. The van der Waals surface area contributed by atoms with Crippen molar-refractivity contribution in [2.75, 3.05) is 6.54 Å². The van der Waals surface area contributed by atoms with Crippen LogP contribution in [0.3, 0.4) is 0 Å². The molecule has 1 fully saturated rings. The Hall–Kier alpha value is -1.01. The van der Waals surface area contributed by atoms with E-state index in [1.807, 2.05) is 0 Å². The molecule has 0 saturated heterocycles. The highest BCUT2D eigenvalue weighted by Crippen LogP contribution is 2.23. The molecular weight excluding hydrogens is 276 g/mol. The largest absolute Gasteiger partial charge is 0.356 e. The van der Waals surface area contributed by atoms with Gasteiger partial charge in [-0.1, -0.05) is 12.8 Å². The Morgan fingerprint density at radius 3 is 2.67 bits per heavy atom. The van der Waals surface area contributed by atoms with Crippen LogP contribution in [0, 0.1) is 5.92 Å². The smallest absolute Gasteiger partial charge is 0.267 e. The average Bonchev–Trinajstić information content (AvgIpc) is 2.96. The van der Waals surface area contributed by atoms with Gasteiger partial charge in [-0.05, 0) is 24.8 Å². The van der Waals surface area contributed by atoms with Gasteiger partial charge in [0.15, 0.2) is 0 Å². The SMILES string of the molecule is O=C(NCC1CCCC1)c1cc(S(=O)(=O)Cl)c[nH]1. The van der Waals surface area contributed by atoms with Crippen molar-refractivity contribution < 1.29 is 13.2 Å². The van der Waals surface area contributed by atoms with E-state index in [0.29, 0.717) is 12.5 Å². The van der Waals surface area contributed by atoms with Crippen molar-refractivity contribution >= 4 is 25.6 Å². The summed E-state index contributed by atoms with van der Waals surface area (Å²) < 4.78 is 22.1. The van der Waals surface area contributed by atoms with Crippen molar-refractivity contribution in [1.29, 1.82) is 0 Å². The van der Waals surface area contributed by atoms with Crippen LogP contribution in [-0.2, 0) is 9.05 Å². The number of hydrogen-bond donors (Lipinski definition) is 2. The van der Waals surface area contributed by atoms with E-state index in [4.69, 9.17) is 10.7 Å². The molecule has 1 saturated carbocycles. The number of aromatic amines is 1. The highest BCUT2D eigenvalue weighted by atomic mass is 35.7. The van der Waals surface area contributed by atoms with Gasteiger partial charge in [-0.3, -0.25) is 4.79 Å². The Bertz CT molecular complexity index is 532. The van der Waals surface area contributed by atoms with E-state index in [1.165, 1.54) is 25.1 Å². The molecular formula is C11H15ClN2O3S. The second kappa shape index (κ2) is 5.32. The molecule has 0 aliphatic heterocycles. The number of rotatable bonds is 4. The molecule has 0 atom stereocenters. The molecule has 1 aliphatic rings. The molecule has 100 valence electrons. The van der Waals surface area contributed by atoms with Crippen LogP contribution in [-0.4, -0.2) is 25.9 Å². The van der Waals surface area contributed by atoms with Gasteiger partial charge in [-0.15, -0.1) is 0 Å². The minimum atomic E-state index is -3.79. The second-order valence-corrected chi connectivity index (χ2v) is 7.11. The number of amides is 1. The Balaban J connectivity index is 1.94. The first kappa shape index (κ1) is 13.4. The number of carbonyl (C=O) groups excluding carboxylic acids is 1. The van der Waals surface area contributed by atoms with Gasteiger partial charge < -0.3 is 10.3 Å². The third-order valence-electron chi connectivity index (χ3n) is 3.21. The van der Waals surface area contributed by atoms with Crippen LogP contribution in [0.15, 0.2) is 17.2 Å². The molecule has 0 aromatic carbocycles. The summed E-state index contributed by atoms with van der Waals surface area (Å²) in [5, 5.41) is 2.80. The maximum atomic E-state index is 11.8. The van der Waals surface area contributed by atoms with Crippen molar-refractivity contribution in [1.82, 2.24) is 10.3 Å². The summed E-state index contributed by atoms with van der Waals surface area (Å²) in [5.74, 6) is 0.244. The number of nitrogens with one attached hydrogen (secondary N) is 2. The van der Waals surface area contributed by atoms with Gasteiger partial charge in [-0.2, -0.15) is 0 Å². The first-order valence-corrected chi connectivity index (χ1v) is 8.19. The summed E-state index contributed by atoms with van der Waals surface area (Å²) in [6.07, 6.45) is 5.95. The van der Waals surface area contributed by atoms with Crippen molar-refractivity contribution in [3.63, 3.8) is 0 Å². The second-order valence-electron chi connectivity index (χ2n) is 4.55. The first-order chi connectivity index (χ1) is 8.47. The minimum Gasteiger partial charge on any atom is -0.356 e. The maximum Gasteiger partial charge on any atom is 0.267 e. The van der Waals surface area contributed by atoms with Crippen molar-refractivity contribution in [2.24, 2.45) is 5.92 Å². The maximum absolute atomic E-state index is 11.8. The third-order valence-corrected chi connectivity index (χ3v) is 4.54. The fourth-order valence-corrected chi connectivity index (χ4v) is 2.92. The standard InChI is InChI=1S/C11H15ClN2O3S/c12-18(16,17)9-5-10(13-7-9)11(15)14-6-8-3-1-2-4-8/h5,7-8,13H,1-4,6H2,(H,14,15). The van der Waals surface area contributed by atoms with E-state index in [-0.39, 0.29) is 16.5 Å². The van der Waals surface area contributed by atoms with E-state index >= 15 is 0 Å². The van der Waals surface area contributed by atoms with Gasteiger partial charge in [-0.25, -0.2) is 8.42 Å². The monoisotopic (exact) mass is 290 g/mol. The minimum absolute atomic E-state index is 0.0878. The lowest BCUT2D eigenvalue weighted by molar-refractivity contribution is 0.0943. The number of halogens is 1. The Kier molecular flexibility index (Phi) is 3.97. The summed E-state index contributed by atoms with van der Waals surface area (Å²) in [5.41, 5.74) is 0.215. The summed E-state index contributed by atoms with van der Waals surface area (Å²) in [6.45, 7) is 0.640. The number of H-pyrrole nitrogens is 1. The molecule has 0 radical (unpaired) electrons. The molecule has 5 nitrogen and oxygen atoms in total. The lowest BCUT2D eigenvalue weighted by Crippen LogP contribution is -2.28. The number of hydrogen-bond acceptors (Lipinski definition) is 3. The lowest BCUT2D eigenvalue weighted by atomic mass is 10.1. The van der Waals surface area contributed by atoms with E-state index in [1.54, 1.807) is 0 Å². The molecule has 7 heteroatoms. The van der Waals surface area contributed by atoms with Gasteiger partial charge in [0.25, 0.3) is 15.0 Å². The molecule has 1 amide bonds. The fourth-order valence-electron chi connectivity index (χ4n) is 2.19. The van der Waals surface area contributed by atoms with Crippen LogP contribution < -0.4 is 5.32 Å². The topological polar surface area (TPSA) is 79.0 Å². The molecule has 0 unspecified atom stereocenters. The van der Waals surface area contributed by atoms with Gasteiger partial charge in [0.2, 0.25) is 0 Å². The molecule has 1 aromatic heterocycles. The van der Waals surface area contributed by atoms with Crippen molar-refractivity contribution in [3.05, 3.63) is 18.0 Å². The molecule has 0 bridgehead atoms. The van der Waals surface area contributed by atoms with Crippen molar-refractivity contribution in [2.45, 2.75) is 30.6 Å². The van der Waals surface area contributed by atoms with Gasteiger partial charge in [0.05, 0.1) is 0 Å². The van der Waals surface area contributed by atoms with Gasteiger partial charge in [0.1, 0.15) is 10.6 Å². The highest BCUT2D eigenvalue weighted by molar-refractivity contribution is 8.13. The molecule has 1 aliphatic carbocycles. The van der Waals surface area contributed by atoms with E-state index in [2.05, 4.69) is 10.3 Å². The summed E-state index contributed by atoms with van der Waals surface area (Å²) in [4.78, 5) is 14.3. The molecule has 2 rings (SSSR count). The van der Waals surface area contributed by atoms with E-state index < -0.39 is 9.05 Å². The highest BCUT2D eigenvalue weighted by Gasteiger charge is 2.18. The summed E-state index contributed by atoms with van der Waals surface area (Å²) >= 11 is 0. The zero-order chi connectivity index (χ0) is 13.2. The Morgan fingerprint density at radius 1 is 1.44 bits per heavy atom. The van der Waals surface area contributed by atoms with Gasteiger partial charge >= 0.3 is 0 Å². The summed E-state index contributed by atoms with van der Waals surface area (Å²) in [7, 11) is 1.39. The van der Waals surface area contributed by atoms with Crippen LogP contribution in [0.5, 0.6) is 0 Å². The zero-order valence-corrected chi connectivity index (χ0v) is 11.4. The van der Waals surface area contributed by atoms with Crippen LogP contribution in [0.4, 0.5) is 0 Å². The van der Waals surface area contributed by atoms with Crippen LogP contribution in [0.25, 0.3) is 0 Å². The normalized spacial score (nSPS) is 16.9. The average molecular weight is 291 g/mol. The predicted octanol–water partition coefficient (Wildman–Crippen LogP) is 1.86. The van der Waals surface area contributed by atoms with E-state index in [9.17, 15) is 13.2 Å². The van der Waals surface area contributed by atoms with E-state index in [0.717, 1.165) is 12.8 Å². The Labute approximate surface area is 110 Å². The Morgan fingerprint density at radius 2 is 2.11 bits per heavy atom. The zero-order valence-electron chi connectivity index (χ0n) is 9.78. The molecule has 0 spiro atoms. The molecule has 1 aromatic rings. The number of carbonyl (C=O) groups is 1. The predicted molar refractivity (Wildman–Crippen MR) is 68.1 cm³/mol. The quantitative estimate of drug-likeness (QED) is 0.831. The van der Waals surface area contributed by atoms with Crippen LogP contribution in [0.1, 0.15) is 36.2 Å². The lowest BCUT2D eigenvalue weighted by Gasteiger charge is -2.09. The first-order valence-electron chi connectivity index (χ1n) is 5.88. The molecule has 2 N–H and O–H groups in total. The van der Waals surface area contributed by atoms with Crippen molar-refractivity contribution in [3.8, 4) is 0 Å². The van der Waals surface area contributed by atoms with Gasteiger partial charge in [0, 0.05) is 23.4 Å². The van der Waals surface area contributed by atoms with Crippen LogP contribution >= 0.6 is 10.7 Å². The number of aromatic nitrogens is 1. The molecule has 18 heavy (non-hydrogen) atoms.